The lowest BCUT2D eigenvalue weighted by Crippen LogP contribution is -2.09. The molecular formula is C11H12O3. The van der Waals surface area contributed by atoms with Crippen LogP contribution in [0.25, 0.3) is 5.57 Å². The van der Waals surface area contributed by atoms with Gasteiger partial charge in [0.25, 0.3) is 0 Å². The molecule has 74 valence electrons. The summed E-state index contributed by atoms with van der Waals surface area (Å²) in [5.74, 6) is 1.38. The highest BCUT2D eigenvalue weighted by atomic mass is 16.3. The van der Waals surface area contributed by atoms with E-state index < -0.39 is 0 Å². The van der Waals surface area contributed by atoms with E-state index in [4.69, 9.17) is 4.42 Å². The van der Waals surface area contributed by atoms with Crippen molar-refractivity contribution in [2.24, 2.45) is 0 Å². The zero-order valence-corrected chi connectivity index (χ0v) is 8.04. The number of allylic oxidation sites excluding steroid dienone is 2. The molecule has 0 spiro atoms. The summed E-state index contributed by atoms with van der Waals surface area (Å²) in [5, 5.41) is 9.60. The number of aryl methyl sites for hydroxylation is 1. The third-order valence-corrected chi connectivity index (χ3v) is 2.37. The van der Waals surface area contributed by atoms with E-state index in [1.165, 1.54) is 0 Å². The molecule has 0 atom stereocenters. The van der Waals surface area contributed by atoms with Gasteiger partial charge in [0.05, 0.1) is 5.57 Å². The first-order chi connectivity index (χ1) is 6.68. The Morgan fingerprint density at radius 2 is 2.14 bits per heavy atom. The predicted octanol–water partition coefficient (Wildman–Crippen LogP) is 2.61. The molecule has 1 aliphatic carbocycles. The zero-order valence-electron chi connectivity index (χ0n) is 8.04. The molecule has 0 saturated heterocycles. The Balaban J connectivity index is 2.45. The lowest BCUT2D eigenvalue weighted by molar-refractivity contribution is -0.114. The Morgan fingerprint density at radius 3 is 2.71 bits per heavy atom. The van der Waals surface area contributed by atoms with Crippen LogP contribution in [-0.4, -0.2) is 10.9 Å². The van der Waals surface area contributed by atoms with Gasteiger partial charge in [-0.3, -0.25) is 4.79 Å². The van der Waals surface area contributed by atoms with Crippen LogP contribution < -0.4 is 0 Å². The molecule has 3 heteroatoms. The summed E-state index contributed by atoms with van der Waals surface area (Å²) in [6, 6.07) is 3.52. The minimum Gasteiger partial charge on any atom is -0.511 e. The van der Waals surface area contributed by atoms with Gasteiger partial charge in [0, 0.05) is 12.8 Å². The van der Waals surface area contributed by atoms with Gasteiger partial charge in [0.15, 0.2) is 5.78 Å². The van der Waals surface area contributed by atoms with Crippen LogP contribution in [0.1, 0.15) is 30.8 Å². The summed E-state index contributed by atoms with van der Waals surface area (Å²) >= 11 is 0. The summed E-state index contributed by atoms with van der Waals surface area (Å²) in [5.41, 5.74) is 0.365. The zero-order chi connectivity index (χ0) is 10.1. The highest BCUT2D eigenvalue weighted by Crippen LogP contribution is 2.29. The molecule has 0 unspecified atom stereocenters. The Bertz CT molecular complexity index is 398. The van der Waals surface area contributed by atoms with Crippen LogP contribution >= 0.6 is 0 Å². The first-order valence-corrected chi connectivity index (χ1v) is 4.70. The number of aliphatic hydroxyl groups excluding tert-OH is 1. The standard InChI is InChI=1S/C11H12O3/c1-7-5-6-10(14-7)11-8(12)3-2-4-9(11)13/h5-6,12H,2-4H2,1H3. The van der Waals surface area contributed by atoms with E-state index in [1.807, 2.05) is 6.92 Å². The van der Waals surface area contributed by atoms with E-state index in [-0.39, 0.29) is 11.5 Å². The van der Waals surface area contributed by atoms with Gasteiger partial charge in [-0.2, -0.15) is 0 Å². The molecule has 0 fully saturated rings. The number of furan rings is 1. The number of ketones is 1. The number of aliphatic hydroxyl groups is 1. The number of hydrogen-bond acceptors (Lipinski definition) is 3. The van der Waals surface area contributed by atoms with E-state index in [9.17, 15) is 9.90 Å². The van der Waals surface area contributed by atoms with Gasteiger partial charge in [-0.1, -0.05) is 0 Å². The molecule has 1 N–H and O–H groups in total. The van der Waals surface area contributed by atoms with Crippen molar-refractivity contribution >= 4 is 11.4 Å². The SMILES string of the molecule is Cc1ccc(C2=C(O)CCCC2=O)o1. The Kier molecular flexibility index (Phi) is 2.15. The maximum atomic E-state index is 11.5. The average molecular weight is 192 g/mol. The molecular weight excluding hydrogens is 180 g/mol. The molecule has 1 aliphatic rings. The molecule has 1 aromatic heterocycles. The van der Waals surface area contributed by atoms with Crippen LogP contribution in [0.3, 0.4) is 0 Å². The second-order valence-corrected chi connectivity index (χ2v) is 3.51. The van der Waals surface area contributed by atoms with Crippen LogP contribution in [0.15, 0.2) is 22.3 Å². The quantitative estimate of drug-likeness (QED) is 0.744. The van der Waals surface area contributed by atoms with Gasteiger partial charge in [-0.25, -0.2) is 0 Å². The lowest BCUT2D eigenvalue weighted by atomic mass is 9.95. The summed E-state index contributed by atoms with van der Waals surface area (Å²) in [4.78, 5) is 11.5. The van der Waals surface area contributed by atoms with E-state index in [1.54, 1.807) is 12.1 Å². The Hall–Kier alpha value is -1.51. The molecule has 0 bridgehead atoms. The number of Topliss-reactive ketones (excluding diaryl/α,β-unsaturated/α-hetero) is 1. The van der Waals surface area contributed by atoms with Crippen molar-refractivity contribution in [2.45, 2.75) is 26.2 Å². The maximum Gasteiger partial charge on any atom is 0.170 e. The average Bonchev–Trinajstić information content (AvgIpc) is 2.51. The minimum absolute atomic E-state index is 0.0249. The molecule has 1 aromatic rings. The molecule has 1 heterocycles. The fourth-order valence-electron chi connectivity index (χ4n) is 1.68. The van der Waals surface area contributed by atoms with Crippen LogP contribution in [0, 0.1) is 6.92 Å². The van der Waals surface area contributed by atoms with Crippen molar-refractivity contribution in [1.29, 1.82) is 0 Å². The predicted molar refractivity (Wildman–Crippen MR) is 51.9 cm³/mol. The third kappa shape index (κ3) is 1.45. The summed E-state index contributed by atoms with van der Waals surface area (Å²) in [7, 11) is 0. The lowest BCUT2D eigenvalue weighted by Gasteiger charge is -2.12. The van der Waals surface area contributed by atoms with Crippen molar-refractivity contribution in [1.82, 2.24) is 0 Å². The first-order valence-electron chi connectivity index (χ1n) is 4.70. The maximum absolute atomic E-state index is 11.5. The molecule has 0 saturated carbocycles. The summed E-state index contributed by atoms with van der Waals surface area (Å²) < 4.78 is 5.33. The molecule has 0 aliphatic heterocycles. The van der Waals surface area contributed by atoms with Crippen LogP contribution in [-0.2, 0) is 4.79 Å². The van der Waals surface area contributed by atoms with Crippen LogP contribution in [0.4, 0.5) is 0 Å². The van der Waals surface area contributed by atoms with Gasteiger partial charge in [0.1, 0.15) is 17.3 Å². The van der Waals surface area contributed by atoms with Crippen molar-refractivity contribution in [2.75, 3.05) is 0 Å². The van der Waals surface area contributed by atoms with Gasteiger partial charge in [0.2, 0.25) is 0 Å². The second-order valence-electron chi connectivity index (χ2n) is 3.51. The van der Waals surface area contributed by atoms with Crippen molar-refractivity contribution in [3.63, 3.8) is 0 Å². The van der Waals surface area contributed by atoms with Gasteiger partial charge in [-0.05, 0) is 25.5 Å². The number of carbonyl (C=O) groups excluding carboxylic acids is 1. The second kappa shape index (κ2) is 3.33. The fraction of sp³-hybridized carbons (Fsp3) is 0.364. The first kappa shape index (κ1) is 9.06. The van der Waals surface area contributed by atoms with Gasteiger partial charge in [-0.15, -0.1) is 0 Å². The highest BCUT2D eigenvalue weighted by Gasteiger charge is 2.23. The molecule has 14 heavy (non-hydrogen) atoms. The monoisotopic (exact) mass is 192 g/mol. The normalized spacial score (nSPS) is 17.6. The topological polar surface area (TPSA) is 50.4 Å². The minimum atomic E-state index is -0.0249. The smallest absolute Gasteiger partial charge is 0.170 e. The fourth-order valence-corrected chi connectivity index (χ4v) is 1.68. The van der Waals surface area contributed by atoms with Crippen molar-refractivity contribution < 1.29 is 14.3 Å². The molecule has 0 amide bonds. The number of carbonyl (C=O) groups is 1. The van der Waals surface area contributed by atoms with E-state index in [0.29, 0.717) is 24.2 Å². The summed E-state index contributed by atoms with van der Waals surface area (Å²) in [6.45, 7) is 1.81. The van der Waals surface area contributed by atoms with E-state index in [2.05, 4.69) is 0 Å². The van der Waals surface area contributed by atoms with Crippen LogP contribution in [0.5, 0.6) is 0 Å². The van der Waals surface area contributed by atoms with Crippen molar-refractivity contribution in [3.05, 3.63) is 29.4 Å². The largest absolute Gasteiger partial charge is 0.511 e. The number of hydrogen-bond donors (Lipinski definition) is 1. The van der Waals surface area contributed by atoms with E-state index >= 15 is 0 Å². The Labute approximate surface area is 82.0 Å². The third-order valence-electron chi connectivity index (χ3n) is 2.37. The molecule has 0 radical (unpaired) electrons. The molecule has 2 rings (SSSR count). The Morgan fingerprint density at radius 1 is 1.36 bits per heavy atom. The highest BCUT2D eigenvalue weighted by molar-refractivity contribution is 6.21. The summed E-state index contributed by atoms with van der Waals surface area (Å²) in [6.07, 6.45) is 1.80. The molecule has 0 aromatic carbocycles. The van der Waals surface area contributed by atoms with E-state index in [0.717, 1.165) is 12.2 Å². The van der Waals surface area contributed by atoms with Crippen LogP contribution in [0.2, 0.25) is 0 Å². The van der Waals surface area contributed by atoms with Gasteiger partial charge >= 0.3 is 0 Å². The molecule has 3 nitrogen and oxygen atoms in total. The van der Waals surface area contributed by atoms with Gasteiger partial charge < -0.3 is 9.52 Å². The number of rotatable bonds is 1. The van der Waals surface area contributed by atoms with Crippen molar-refractivity contribution in [3.8, 4) is 0 Å².